The molecule has 0 radical (unpaired) electrons. The molecule has 3 rings (SSSR count). The van der Waals surface area contributed by atoms with Crippen LogP contribution in [-0.4, -0.2) is 11.4 Å². The summed E-state index contributed by atoms with van der Waals surface area (Å²) in [6.07, 6.45) is 1.80. The maximum Gasteiger partial charge on any atom is 0.166 e. The minimum absolute atomic E-state index is 0.0308. The van der Waals surface area contributed by atoms with Gasteiger partial charge >= 0.3 is 0 Å². The molecule has 0 heterocycles. The Balaban J connectivity index is 2.00. The molecule has 0 bridgehead atoms. The Morgan fingerprint density at radius 1 is 0.840 bits per heavy atom. The van der Waals surface area contributed by atoms with Gasteiger partial charge in [0.05, 0.1) is 0 Å². The van der Waals surface area contributed by atoms with E-state index in [0.29, 0.717) is 5.75 Å². The van der Waals surface area contributed by atoms with Crippen molar-refractivity contribution in [3.8, 4) is 11.5 Å². The van der Waals surface area contributed by atoms with Crippen LogP contribution >= 0.6 is 12.0 Å². The maximum atomic E-state index is 9.90. The highest BCUT2D eigenvalue weighted by molar-refractivity contribution is 7.93. The van der Waals surface area contributed by atoms with Gasteiger partial charge < -0.3 is 9.99 Å². The second-order valence-corrected chi connectivity index (χ2v) is 6.30. The van der Waals surface area contributed by atoms with Crippen LogP contribution in [-0.2, 0) is 4.33 Å². The molecule has 3 nitrogen and oxygen atoms in total. The van der Waals surface area contributed by atoms with Crippen LogP contribution < -0.4 is 4.89 Å². The van der Waals surface area contributed by atoms with E-state index in [0.717, 1.165) is 23.2 Å². The second-order valence-electron chi connectivity index (χ2n) is 5.83. The molecule has 4 heteroatoms. The molecular formula is C21H20O3S. The molecule has 0 aliphatic rings. The fraction of sp³-hybridized carbons (Fsp3) is 0.143. The first kappa shape index (κ1) is 17.4. The monoisotopic (exact) mass is 352 g/mol. The van der Waals surface area contributed by atoms with Crippen molar-refractivity contribution >= 4 is 12.0 Å². The van der Waals surface area contributed by atoms with Gasteiger partial charge in [-0.05, 0) is 47.9 Å². The molecule has 1 N–H and O–H groups in total. The van der Waals surface area contributed by atoms with Crippen molar-refractivity contribution in [2.24, 2.45) is 0 Å². The van der Waals surface area contributed by atoms with E-state index < -0.39 is 0 Å². The molecule has 128 valence electrons. The largest absolute Gasteiger partial charge is 0.508 e. The average molecular weight is 352 g/mol. The number of rotatable bonds is 6. The third-order valence-corrected chi connectivity index (χ3v) is 4.23. The summed E-state index contributed by atoms with van der Waals surface area (Å²) in [5, 5.41) is 9.90. The van der Waals surface area contributed by atoms with Gasteiger partial charge in [0.2, 0.25) is 0 Å². The molecule has 1 unspecified atom stereocenters. The average Bonchev–Trinajstić information content (AvgIpc) is 2.63. The first-order valence-electron chi connectivity index (χ1n) is 8.00. The molecule has 1 atom stereocenters. The zero-order chi connectivity index (χ0) is 17.6. The molecule has 0 amide bonds. The summed E-state index contributed by atoms with van der Waals surface area (Å²) in [5.41, 5.74) is 4.55. The summed E-state index contributed by atoms with van der Waals surface area (Å²) in [6.45, 7) is 2.07. The van der Waals surface area contributed by atoms with Crippen LogP contribution in [0.1, 0.15) is 28.2 Å². The number of phenols is 1. The number of hydrogen-bond acceptors (Lipinski definition) is 4. The van der Waals surface area contributed by atoms with Crippen LogP contribution in [0.3, 0.4) is 0 Å². The Morgan fingerprint density at radius 2 is 1.48 bits per heavy atom. The van der Waals surface area contributed by atoms with Crippen LogP contribution in [0.15, 0.2) is 72.8 Å². The molecule has 3 aromatic rings. The van der Waals surface area contributed by atoms with Crippen molar-refractivity contribution in [1.82, 2.24) is 0 Å². The van der Waals surface area contributed by atoms with Crippen molar-refractivity contribution in [1.29, 1.82) is 0 Å². The number of phenolic OH excluding ortho intramolecular Hbond substituents is 1. The summed E-state index contributed by atoms with van der Waals surface area (Å²) in [4.78, 5) is 5.16. The summed E-state index contributed by atoms with van der Waals surface area (Å²) in [6, 6.07) is 23.7. The number of aromatic hydroxyl groups is 1. The molecule has 0 saturated carbocycles. The topological polar surface area (TPSA) is 38.7 Å². The summed E-state index contributed by atoms with van der Waals surface area (Å²) in [5.74, 6) is 0.947. The molecule has 3 aromatic carbocycles. The molecule has 0 spiro atoms. The number of aryl methyl sites for hydroxylation is 1. The zero-order valence-corrected chi connectivity index (χ0v) is 15.0. The van der Waals surface area contributed by atoms with Gasteiger partial charge in [0.1, 0.15) is 5.75 Å². The Bertz CT molecular complexity index is 813. The van der Waals surface area contributed by atoms with E-state index in [1.807, 2.05) is 42.5 Å². The lowest BCUT2D eigenvalue weighted by Gasteiger charge is -2.19. The minimum Gasteiger partial charge on any atom is -0.508 e. The van der Waals surface area contributed by atoms with Gasteiger partial charge in [-0.3, -0.25) is 0 Å². The quantitative estimate of drug-likeness (QED) is 0.276. The van der Waals surface area contributed by atoms with Crippen molar-refractivity contribution in [2.45, 2.75) is 12.8 Å². The fourth-order valence-corrected chi connectivity index (χ4v) is 2.98. The zero-order valence-electron chi connectivity index (χ0n) is 14.2. The molecule has 0 aliphatic carbocycles. The van der Waals surface area contributed by atoms with E-state index in [9.17, 15) is 5.11 Å². The van der Waals surface area contributed by atoms with Gasteiger partial charge in [0.25, 0.3) is 0 Å². The number of hydrogen-bond donors (Lipinski definition) is 1. The summed E-state index contributed by atoms with van der Waals surface area (Å²) >= 11 is 1.15. The molecule has 0 saturated heterocycles. The molecule has 25 heavy (non-hydrogen) atoms. The molecule has 0 aromatic heterocycles. The van der Waals surface area contributed by atoms with E-state index in [4.69, 9.17) is 9.22 Å². The van der Waals surface area contributed by atoms with Gasteiger partial charge in [0, 0.05) is 24.2 Å². The van der Waals surface area contributed by atoms with Gasteiger partial charge in [-0.15, -0.1) is 4.33 Å². The smallest absolute Gasteiger partial charge is 0.166 e. The number of benzene rings is 3. The van der Waals surface area contributed by atoms with Gasteiger partial charge in [0.15, 0.2) is 5.75 Å². The van der Waals surface area contributed by atoms with Crippen molar-refractivity contribution < 1.29 is 14.3 Å². The van der Waals surface area contributed by atoms with E-state index in [2.05, 4.69) is 31.2 Å². The second kappa shape index (κ2) is 8.10. The van der Waals surface area contributed by atoms with Gasteiger partial charge in [-0.1, -0.05) is 54.1 Å². The standard InChI is InChI=1S/C21H20O3S/c1-15-6-8-16(9-7-15)21(18-4-3-5-19(22)14-18)17-10-12-20(13-11-17)23-24-25-2/h3-14,21-22H,1-2H3. The van der Waals surface area contributed by atoms with Gasteiger partial charge in [-0.25, -0.2) is 0 Å². The maximum absolute atomic E-state index is 9.90. The van der Waals surface area contributed by atoms with Crippen LogP contribution in [0.4, 0.5) is 0 Å². The van der Waals surface area contributed by atoms with Crippen molar-refractivity contribution in [3.05, 3.63) is 95.1 Å². The normalized spacial score (nSPS) is 11.9. The highest BCUT2D eigenvalue weighted by Gasteiger charge is 2.17. The lowest BCUT2D eigenvalue weighted by atomic mass is 9.85. The Labute approximate surface area is 152 Å². The van der Waals surface area contributed by atoms with E-state index >= 15 is 0 Å². The molecule has 0 aliphatic heterocycles. The van der Waals surface area contributed by atoms with E-state index in [1.54, 1.807) is 12.3 Å². The summed E-state index contributed by atoms with van der Waals surface area (Å²) in [7, 11) is 0. The molecule has 0 fully saturated rings. The van der Waals surface area contributed by atoms with Crippen molar-refractivity contribution in [3.63, 3.8) is 0 Å². The Morgan fingerprint density at radius 3 is 2.08 bits per heavy atom. The molecular weight excluding hydrogens is 332 g/mol. The lowest BCUT2D eigenvalue weighted by molar-refractivity contribution is -0.0770. The summed E-state index contributed by atoms with van der Waals surface area (Å²) < 4.78 is 4.90. The van der Waals surface area contributed by atoms with Crippen LogP contribution in [0.25, 0.3) is 0 Å². The van der Waals surface area contributed by atoms with Crippen LogP contribution in [0.5, 0.6) is 11.5 Å². The highest BCUT2D eigenvalue weighted by atomic mass is 32.2. The SMILES string of the molecule is CSOOc1ccc(C(c2ccc(C)cc2)c2cccc(O)c2)cc1. The van der Waals surface area contributed by atoms with Crippen molar-refractivity contribution in [2.75, 3.05) is 6.26 Å². The first-order valence-corrected chi connectivity index (χ1v) is 9.15. The van der Waals surface area contributed by atoms with E-state index in [-0.39, 0.29) is 11.7 Å². The van der Waals surface area contributed by atoms with E-state index in [1.165, 1.54) is 11.1 Å². The van der Waals surface area contributed by atoms with Crippen LogP contribution in [0.2, 0.25) is 0 Å². The van der Waals surface area contributed by atoms with Gasteiger partial charge in [-0.2, -0.15) is 0 Å². The third-order valence-electron chi connectivity index (χ3n) is 4.03. The predicted molar refractivity (Wildman–Crippen MR) is 102 cm³/mol. The lowest BCUT2D eigenvalue weighted by Crippen LogP contribution is -2.03. The Hall–Kier alpha value is -2.43. The third kappa shape index (κ3) is 4.35. The Kier molecular flexibility index (Phi) is 5.64. The highest BCUT2D eigenvalue weighted by Crippen LogP contribution is 2.34. The fourth-order valence-electron chi connectivity index (χ4n) is 2.83. The first-order chi connectivity index (χ1) is 12.2. The predicted octanol–water partition coefficient (Wildman–Crippen LogP) is 5.47. The minimum atomic E-state index is 0.0308. The van der Waals surface area contributed by atoms with Crippen LogP contribution in [0, 0.1) is 6.92 Å².